The number of H-pyrrole nitrogens is 1. The molecule has 0 aliphatic heterocycles. The summed E-state index contributed by atoms with van der Waals surface area (Å²) < 4.78 is 3.11. The van der Waals surface area contributed by atoms with Gasteiger partial charge in [-0.2, -0.15) is 5.10 Å². The second kappa shape index (κ2) is 7.33. The van der Waals surface area contributed by atoms with Crippen LogP contribution in [0.15, 0.2) is 46.9 Å². The summed E-state index contributed by atoms with van der Waals surface area (Å²) in [6.07, 6.45) is 0. The van der Waals surface area contributed by atoms with E-state index in [2.05, 4.69) is 31.4 Å². The molecule has 0 bridgehead atoms. The van der Waals surface area contributed by atoms with Crippen LogP contribution in [0.1, 0.15) is 11.1 Å². The van der Waals surface area contributed by atoms with Crippen molar-refractivity contribution in [3.05, 3.63) is 62.8 Å². The number of hydrogen-bond donors (Lipinski definition) is 2. The van der Waals surface area contributed by atoms with E-state index >= 15 is 0 Å². The van der Waals surface area contributed by atoms with Crippen molar-refractivity contribution in [2.45, 2.75) is 20.4 Å². The van der Waals surface area contributed by atoms with Crippen LogP contribution in [0.2, 0.25) is 0 Å². The number of nitrogens with one attached hydrogen (secondary N) is 2. The highest BCUT2D eigenvalue weighted by atomic mass is 79.9. The van der Waals surface area contributed by atoms with Gasteiger partial charge in [0.05, 0.1) is 0 Å². The Hall–Kier alpha value is -2.25. The number of aromatic amines is 1. The average Bonchev–Trinajstić information content (AvgIpc) is 2.93. The summed E-state index contributed by atoms with van der Waals surface area (Å²) in [6, 6.07) is 13.6. The molecule has 0 fully saturated rings. The molecule has 2 aromatic carbocycles. The SMILES string of the molecule is Cc1ccc(-c2n[nH]c(=S)n2CC(=O)Nc2ccc(Br)c(C)c2)cc1. The normalized spacial score (nSPS) is 10.7. The number of halogens is 1. The Morgan fingerprint density at radius 3 is 2.64 bits per heavy atom. The zero-order valence-corrected chi connectivity index (χ0v) is 16.2. The first-order chi connectivity index (χ1) is 11.9. The molecule has 0 aliphatic rings. The lowest BCUT2D eigenvalue weighted by atomic mass is 10.1. The van der Waals surface area contributed by atoms with Gasteiger partial charge in [-0.25, -0.2) is 0 Å². The van der Waals surface area contributed by atoms with Gasteiger partial charge in [0.15, 0.2) is 10.6 Å². The van der Waals surface area contributed by atoms with Crippen molar-refractivity contribution in [2.24, 2.45) is 0 Å². The van der Waals surface area contributed by atoms with Crippen LogP contribution in [0.4, 0.5) is 5.69 Å². The molecule has 0 atom stereocenters. The van der Waals surface area contributed by atoms with Crippen molar-refractivity contribution in [3.8, 4) is 11.4 Å². The fraction of sp³-hybridized carbons (Fsp3) is 0.167. The summed E-state index contributed by atoms with van der Waals surface area (Å²) in [5.74, 6) is 0.486. The van der Waals surface area contributed by atoms with Crippen LogP contribution >= 0.6 is 28.1 Å². The van der Waals surface area contributed by atoms with Gasteiger partial charge >= 0.3 is 0 Å². The quantitative estimate of drug-likeness (QED) is 0.609. The number of benzene rings is 2. The van der Waals surface area contributed by atoms with Gasteiger partial charge in [0.1, 0.15) is 6.54 Å². The van der Waals surface area contributed by atoms with Crippen LogP contribution in [0.3, 0.4) is 0 Å². The molecule has 1 amide bonds. The molecule has 128 valence electrons. The molecular formula is C18H17BrN4OS. The molecule has 25 heavy (non-hydrogen) atoms. The third-order valence-corrected chi connectivity index (χ3v) is 5.01. The standard InChI is InChI=1S/C18H17BrN4OS/c1-11-3-5-13(6-4-11)17-21-22-18(25)23(17)10-16(24)20-14-7-8-15(19)12(2)9-14/h3-9H,10H2,1-2H3,(H,20,24)(H,22,25). The van der Waals surface area contributed by atoms with Gasteiger partial charge in [-0.05, 0) is 49.8 Å². The van der Waals surface area contributed by atoms with E-state index in [1.54, 1.807) is 4.57 Å². The van der Waals surface area contributed by atoms with Gasteiger partial charge in [-0.1, -0.05) is 45.8 Å². The van der Waals surface area contributed by atoms with Crippen molar-refractivity contribution < 1.29 is 4.79 Å². The van der Waals surface area contributed by atoms with Gasteiger partial charge in [-0.15, -0.1) is 0 Å². The number of carbonyl (C=O) groups excluding carboxylic acids is 1. The molecular weight excluding hydrogens is 400 g/mol. The molecule has 3 aromatic rings. The highest BCUT2D eigenvalue weighted by molar-refractivity contribution is 9.10. The summed E-state index contributed by atoms with van der Waals surface area (Å²) in [4.78, 5) is 12.4. The lowest BCUT2D eigenvalue weighted by molar-refractivity contribution is -0.116. The number of amides is 1. The molecule has 0 aliphatic carbocycles. The van der Waals surface area contributed by atoms with Crippen molar-refractivity contribution in [2.75, 3.05) is 5.32 Å². The molecule has 0 saturated carbocycles. The zero-order valence-electron chi connectivity index (χ0n) is 13.8. The maximum Gasteiger partial charge on any atom is 0.244 e. The summed E-state index contributed by atoms with van der Waals surface area (Å²) in [6.45, 7) is 4.09. The van der Waals surface area contributed by atoms with E-state index in [-0.39, 0.29) is 12.5 Å². The van der Waals surface area contributed by atoms with E-state index < -0.39 is 0 Å². The molecule has 0 radical (unpaired) electrons. The fourth-order valence-corrected chi connectivity index (χ4v) is 2.90. The van der Waals surface area contributed by atoms with Crippen LogP contribution in [-0.2, 0) is 11.3 Å². The predicted molar refractivity (Wildman–Crippen MR) is 105 cm³/mol. The Bertz CT molecular complexity index is 975. The predicted octanol–water partition coefficient (Wildman–Crippen LogP) is 4.63. The topological polar surface area (TPSA) is 62.7 Å². The van der Waals surface area contributed by atoms with Gasteiger partial charge in [0.2, 0.25) is 5.91 Å². The molecule has 0 saturated heterocycles. The number of hydrogen-bond acceptors (Lipinski definition) is 3. The van der Waals surface area contributed by atoms with Crippen molar-refractivity contribution >= 4 is 39.7 Å². The largest absolute Gasteiger partial charge is 0.325 e. The highest BCUT2D eigenvalue weighted by Gasteiger charge is 2.12. The van der Waals surface area contributed by atoms with Crippen LogP contribution in [0.5, 0.6) is 0 Å². The molecule has 1 aromatic heterocycles. The van der Waals surface area contributed by atoms with Crippen LogP contribution in [-0.4, -0.2) is 20.7 Å². The van der Waals surface area contributed by atoms with Gasteiger partial charge in [0.25, 0.3) is 0 Å². The number of anilines is 1. The Morgan fingerprint density at radius 2 is 1.96 bits per heavy atom. The number of rotatable bonds is 4. The highest BCUT2D eigenvalue weighted by Crippen LogP contribution is 2.21. The third kappa shape index (κ3) is 4.05. The molecule has 5 nitrogen and oxygen atoms in total. The van der Waals surface area contributed by atoms with Crippen LogP contribution < -0.4 is 5.32 Å². The van der Waals surface area contributed by atoms with Gasteiger partial charge in [-0.3, -0.25) is 14.5 Å². The molecule has 0 unspecified atom stereocenters. The monoisotopic (exact) mass is 416 g/mol. The first-order valence-electron chi connectivity index (χ1n) is 7.72. The number of aromatic nitrogens is 3. The first-order valence-corrected chi connectivity index (χ1v) is 8.92. The second-order valence-corrected chi connectivity index (χ2v) is 7.06. The molecule has 0 spiro atoms. The number of aryl methyl sites for hydroxylation is 2. The lowest BCUT2D eigenvalue weighted by Crippen LogP contribution is -2.19. The van der Waals surface area contributed by atoms with Crippen molar-refractivity contribution in [1.29, 1.82) is 0 Å². The van der Waals surface area contributed by atoms with E-state index in [0.717, 1.165) is 26.9 Å². The maximum absolute atomic E-state index is 12.4. The Balaban J connectivity index is 1.81. The van der Waals surface area contributed by atoms with E-state index in [4.69, 9.17) is 12.2 Å². The Labute approximate surface area is 159 Å². The fourth-order valence-electron chi connectivity index (χ4n) is 2.45. The van der Waals surface area contributed by atoms with Crippen LogP contribution in [0.25, 0.3) is 11.4 Å². The van der Waals surface area contributed by atoms with E-state index in [1.165, 1.54) is 0 Å². The van der Waals surface area contributed by atoms with Gasteiger partial charge in [0, 0.05) is 15.7 Å². The second-order valence-electron chi connectivity index (χ2n) is 5.82. The Morgan fingerprint density at radius 1 is 1.24 bits per heavy atom. The summed E-state index contributed by atoms with van der Waals surface area (Å²) in [5, 5.41) is 9.92. The van der Waals surface area contributed by atoms with Crippen molar-refractivity contribution in [3.63, 3.8) is 0 Å². The summed E-state index contributed by atoms with van der Waals surface area (Å²) >= 11 is 8.73. The molecule has 2 N–H and O–H groups in total. The molecule has 3 rings (SSSR count). The zero-order chi connectivity index (χ0) is 18.0. The van der Waals surface area contributed by atoms with Crippen LogP contribution in [0, 0.1) is 18.6 Å². The minimum absolute atomic E-state index is 0.0909. The first kappa shape index (κ1) is 17.6. The van der Waals surface area contributed by atoms with Gasteiger partial charge < -0.3 is 5.32 Å². The third-order valence-electron chi connectivity index (χ3n) is 3.81. The van der Waals surface area contributed by atoms with Crippen molar-refractivity contribution in [1.82, 2.24) is 14.8 Å². The van der Waals surface area contributed by atoms with E-state index in [0.29, 0.717) is 10.6 Å². The summed E-state index contributed by atoms with van der Waals surface area (Å²) in [5.41, 5.74) is 3.87. The Kier molecular flexibility index (Phi) is 5.15. The van der Waals surface area contributed by atoms with E-state index in [9.17, 15) is 4.79 Å². The maximum atomic E-state index is 12.4. The summed E-state index contributed by atoms with van der Waals surface area (Å²) in [7, 11) is 0. The minimum Gasteiger partial charge on any atom is -0.325 e. The molecule has 7 heteroatoms. The lowest BCUT2D eigenvalue weighted by Gasteiger charge is -2.09. The molecule has 1 heterocycles. The number of nitrogens with zero attached hydrogens (tertiary/aromatic N) is 2. The minimum atomic E-state index is -0.160. The average molecular weight is 417 g/mol. The smallest absolute Gasteiger partial charge is 0.244 e. The number of carbonyl (C=O) groups is 1. The van der Waals surface area contributed by atoms with E-state index in [1.807, 2.05) is 56.3 Å².